The molecule has 1 N–H and O–H groups in total. The van der Waals surface area contributed by atoms with Gasteiger partial charge in [0.25, 0.3) is 0 Å². The molecule has 0 spiro atoms. The van der Waals surface area contributed by atoms with Gasteiger partial charge in [-0.1, -0.05) is 43.3 Å². The van der Waals surface area contributed by atoms with Crippen molar-refractivity contribution in [3.05, 3.63) is 58.8 Å². The van der Waals surface area contributed by atoms with Crippen LogP contribution in [0.3, 0.4) is 0 Å². The summed E-state index contributed by atoms with van der Waals surface area (Å²) in [5.41, 5.74) is 4.01. The van der Waals surface area contributed by atoms with Crippen LogP contribution in [-0.2, 0) is 6.61 Å². The van der Waals surface area contributed by atoms with Crippen molar-refractivity contribution in [1.29, 1.82) is 0 Å². The molecule has 0 unspecified atom stereocenters. The molecule has 0 bridgehead atoms. The van der Waals surface area contributed by atoms with Gasteiger partial charge in [-0.3, -0.25) is 0 Å². The number of amidine groups is 1. The molecule has 1 aromatic heterocycles. The number of benzene rings is 1. The zero-order chi connectivity index (χ0) is 18.5. The summed E-state index contributed by atoms with van der Waals surface area (Å²) in [7, 11) is 0. The summed E-state index contributed by atoms with van der Waals surface area (Å²) in [5.74, 6) is 1.57. The van der Waals surface area contributed by atoms with Gasteiger partial charge in [0.15, 0.2) is 5.84 Å². The first-order chi connectivity index (χ1) is 12.6. The number of aryl methyl sites for hydroxylation is 1. The monoisotopic (exact) mass is 353 g/mol. The van der Waals surface area contributed by atoms with Crippen LogP contribution >= 0.6 is 0 Å². The number of pyridine rings is 1. The highest BCUT2D eigenvalue weighted by atomic mass is 16.5. The highest BCUT2D eigenvalue weighted by molar-refractivity contribution is 6.00. The van der Waals surface area contributed by atoms with Crippen LogP contribution in [0.2, 0.25) is 0 Å². The van der Waals surface area contributed by atoms with Gasteiger partial charge in [-0.25, -0.2) is 4.98 Å². The number of nitrogens with zero attached hydrogens (tertiary/aromatic N) is 3. The maximum atomic E-state index is 9.56. The van der Waals surface area contributed by atoms with Crippen molar-refractivity contribution in [3.63, 3.8) is 0 Å². The molecule has 0 saturated carbocycles. The Morgan fingerprint density at radius 3 is 2.46 bits per heavy atom. The fourth-order valence-corrected chi connectivity index (χ4v) is 3.18. The Balaban J connectivity index is 1.79. The highest BCUT2D eigenvalue weighted by Crippen LogP contribution is 2.23. The van der Waals surface area contributed by atoms with E-state index in [9.17, 15) is 5.21 Å². The molecule has 3 rings (SSSR count). The number of oxime groups is 1. The third-order valence-electron chi connectivity index (χ3n) is 4.76. The molecule has 2 aromatic rings. The summed E-state index contributed by atoms with van der Waals surface area (Å²) in [6.45, 7) is 8.51. The van der Waals surface area contributed by atoms with Gasteiger partial charge < -0.3 is 14.8 Å². The lowest BCUT2D eigenvalue weighted by Gasteiger charge is -2.20. The van der Waals surface area contributed by atoms with Gasteiger partial charge in [0, 0.05) is 18.8 Å². The minimum absolute atomic E-state index is 0.431. The van der Waals surface area contributed by atoms with Crippen LogP contribution < -0.4 is 4.74 Å². The first-order valence-electron chi connectivity index (χ1n) is 9.25. The average molecular weight is 353 g/mol. The number of likely N-dealkylation sites (tertiary alicyclic amines) is 1. The second kappa shape index (κ2) is 8.21. The van der Waals surface area contributed by atoms with Crippen molar-refractivity contribution in [2.24, 2.45) is 5.16 Å². The number of ether oxygens (including phenoxy) is 1. The molecule has 5 heteroatoms. The lowest BCUT2D eigenvalue weighted by atomic mass is 10.0. The number of hydrogen-bond donors (Lipinski definition) is 1. The smallest absolute Gasteiger partial charge is 0.225 e. The third-order valence-corrected chi connectivity index (χ3v) is 4.76. The van der Waals surface area contributed by atoms with Gasteiger partial charge in [-0.2, -0.15) is 0 Å². The molecule has 138 valence electrons. The quantitative estimate of drug-likeness (QED) is 0.376. The van der Waals surface area contributed by atoms with E-state index in [0.717, 1.165) is 42.8 Å². The van der Waals surface area contributed by atoms with Crippen LogP contribution in [0.4, 0.5) is 0 Å². The van der Waals surface area contributed by atoms with E-state index in [4.69, 9.17) is 4.74 Å². The van der Waals surface area contributed by atoms with E-state index in [-0.39, 0.29) is 0 Å². The molecule has 2 heterocycles. The topological polar surface area (TPSA) is 58.0 Å². The van der Waals surface area contributed by atoms with Crippen molar-refractivity contribution < 1.29 is 9.94 Å². The molecule has 26 heavy (non-hydrogen) atoms. The van der Waals surface area contributed by atoms with Crippen LogP contribution in [0.15, 0.2) is 41.6 Å². The molecular weight excluding hydrogens is 326 g/mol. The van der Waals surface area contributed by atoms with Crippen molar-refractivity contribution in [3.8, 4) is 5.88 Å². The Morgan fingerprint density at radius 1 is 1.15 bits per heavy atom. The summed E-state index contributed by atoms with van der Waals surface area (Å²) in [6, 6.07) is 12.3. The van der Waals surface area contributed by atoms with Crippen LogP contribution in [-0.4, -0.2) is 34.0 Å². The van der Waals surface area contributed by atoms with Crippen LogP contribution in [0, 0.1) is 6.92 Å². The normalized spacial score (nSPS) is 14.9. The van der Waals surface area contributed by atoms with Crippen LogP contribution in [0.25, 0.3) is 0 Å². The van der Waals surface area contributed by atoms with Gasteiger partial charge in [0.1, 0.15) is 6.61 Å². The highest BCUT2D eigenvalue weighted by Gasteiger charge is 2.22. The van der Waals surface area contributed by atoms with Crippen molar-refractivity contribution in [2.45, 2.75) is 46.1 Å². The minimum atomic E-state index is 0.431. The molecular formula is C21H27N3O2. The van der Waals surface area contributed by atoms with Gasteiger partial charge in [0.2, 0.25) is 5.88 Å². The van der Waals surface area contributed by atoms with E-state index in [2.05, 4.69) is 53.2 Å². The summed E-state index contributed by atoms with van der Waals surface area (Å²) in [4.78, 5) is 6.61. The van der Waals surface area contributed by atoms with Crippen molar-refractivity contribution in [1.82, 2.24) is 9.88 Å². The van der Waals surface area contributed by atoms with E-state index in [0.29, 0.717) is 24.2 Å². The Morgan fingerprint density at radius 2 is 1.85 bits per heavy atom. The zero-order valence-electron chi connectivity index (χ0n) is 15.8. The lowest BCUT2D eigenvalue weighted by Crippen LogP contribution is -2.29. The molecule has 0 radical (unpaired) electrons. The number of aromatic nitrogens is 1. The standard InChI is InChI=1S/C21H27N3O2/c1-15(2)18-9-7-17(8-10-18)14-26-21-19(11-6-16(3)22-21)20(23-25)24-12-4-5-13-24/h6-11,15,25H,4-5,12-14H2,1-3H3/b23-20-. The zero-order valence-corrected chi connectivity index (χ0v) is 15.8. The Kier molecular flexibility index (Phi) is 5.76. The first kappa shape index (κ1) is 18.2. The number of hydrogen-bond acceptors (Lipinski definition) is 4. The maximum absolute atomic E-state index is 9.56. The summed E-state index contributed by atoms with van der Waals surface area (Å²) >= 11 is 0. The predicted molar refractivity (Wildman–Crippen MR) is 103 cm³/mol. The Labute approximate surface area is 155 Å². The molecule has 5 nitrogen and oxygen atoms in total. The lowest BCUT2D eigenvalue weighted by molar-refractivity contribution is 0.288. The molecule has 0 aliphatic carbocycles. The maximum Gasteiger partial charge on any atom is 0.225 e. The molecule has 1 fully saturated rings. The van der Waals surface area contributed by atoms with Crippen molar-refractivity contribution >= 4 is 5.84 Å². The Hall–Kier alpha value is -2.56. The van der Waals surface area contributed by atoms with Gasteiger partial charge in [-0.05, 0) is 48.9 Å². The second-order valence-electron chi connectivity index (χ2n) is 7.11. The van der Waals surface area contributed by atoms with E-state index in [1.165, 1.54) is 5.56 Å². The second-order valence-corrected chi connectivity index (χ2v) is 7.11. The SMILES string of the molecule is Cc1ccc(/C(=N/O)N2CCCC2)c(OCc2ccc(C(C)C)cc2)n1. The fraction of sp³-hybridized carbons (Fsp3) is 0.429. The van der Waals surface area contributed by atoms with Crippen LogP contribution in [0.1, 0.15) is 55.0 Å². The van der Waals surface area contributed by atoms with Gasteiger partial charge in [-0.15, -0.1) is 0 Å². The summed E-state index contributed by atoms with van der Waals surface area (Å²) in [5, 5.41) is 13.1. The minimum Gasteiger partial charge on any atom is -0.472 e. The first-order valence-corrected chi connectivity index (χ1v) is 9.25. The fourth-order valence-electron chi connectivity index (χ4n) is 3.18. The summed E-state index contributed by atoms with van der Waals surface area (Å²) < 4.78 is 6.02. The Bertz CT molecular complexity index is 763. The average Bonchev–Trinajstić information content (AvgIpc) is 3.17. The van der Waals surface area contributed by atoms with Crippen molar-refractivity contribution in [2.75, 3.05) is 13.1 Å². The van der Waals surface area contributed by atoms with Gasteiger partial charge >= 0.3 is 0 Å². The molecule has 1 saturated heterocycles. The van der Waals surface area contributed by atoms with Crippen LogP contribution in [0.5, 0.6) is 5.88 Å². The summed E-state index contributed by atoms with van der Waals surface area (Å²) in [6.07, 6.45) is 2.22. The molecule has 1 aromatic carbocycles. The number of rotatable bonds is 5. The van der Waals surface area contributed by atoms with E-state index >= 15 is 0 Å². The van der Waals surface area contributed by atoms with E-state index in [1.807, 2.05) is 19.1 Å². The molecule has 1 aliphatic heterocycles. The third kappa shape index (κ3) is 4.15. The van der Waals surface area contributed by atoms with Gasteiger partial charge in [0.05, 0.1) is 5.56 Å². The van der Waals surface area contributed by atoms with E-state index in [1.54, 1.807) is 0 Å². The van der Waals surface area contributed by atoms with E-state index < -0.39 is 0 Å². The molecule has 0 amide bonds. The largest absolute Gasteiger partial charge is 0.472 e. The molecule has 0 atom stereocenters. The molecule has 1 aliphatic rings. The predicted octanol–water partition coefficient (Wildman–Crippen LogP) is 4.32.